The Bertz CT molecular complexity index is 1160. The monoisotopic (exact) mass is 480 g/mol. The first-order valence-corrected chi connectivity index (χ1v) is 11.8. The number of amides is 1. The predicted octanol–water partition coefficient (Wildman–Crippen LogP) is 3.36. The van der Waals surface area contributed by atoms with Crippen molar-refractivity contribution in [2.24, 2.45) is 0 Å². The summed E-state index contributed by atoms with van der Waals surface area (Å²) in [5.74, 6) is -0.198. The number of benzene rings is 1. The van der Waals surface area contributed by atoms with Crippen LogP contribution in [0.2, 0.25) is 0 Å². The third kappa shape index (κ3) is 3.94. The van der Waals surface area contributed by atoms with Crippen LogP contribution < -0.4 is 5.32 Å². The lowest BCUT2D eigenvalue weighted by atomic mass is 10.00. The predicted molar refractivity (Wildman–Crippen MR) is 116 cm³/mol. The lowest BCUT2D eigenvalue weighted by Crippen LogP contribution is -2.68. The fraction of sp³-hybridized carbons (Fsp3) is 0.381. The molecule has 2 fully saturated rings. The summed E-state index contributed by atoms with van der Waals surface area (Å²) in [6.45, 7) is 2.99. The number of ketones is 1. The van der Waals surface area contributed by atoms with Gasteiger partial charge >= 0.3 is 6.18 Å². The zero-order valence-electron chi connectivity index (χ0n) is 16.8. The Balaban J connectivity index is 1.27. The van der Waals surface area contributed by atoms with Gasteiger partial charge in [0, 0.05) is 55.0 Å². The van der Waals surface area contributed by atoms with Gasteiger partial charge in [-0.15, -0.1) is 22.7 Å². The fourth-order valence-corrected chi connectivity index (χ4v) is 5.88. The molecule has 2 saturated heterocycles. The molecule has 11 heteroatoms. The third-order valence-electron chi connectivity index (χ3n) is 5.91. The molecule has 0 bridgehead atoms. The number of nitrogens with zero attached hydrogens (tertiary/aromatic N) is 3. The molecule has 32 heavy (non-hydrogen) atoms. The average molecular weight is 481 g/mol. The SMILES string of the molecule is O=C(c1nccs1)C1CNCCN1C1CN(C(=O)c2cc3ccc(C(F)(F)F)cc3s2)C1. The second-order valence-corrected chi connectivity index (χ2v) is 9.86. The maximum absolute atomic E-state index is 13.0. The topological polar surface area (TPSA) is 65.5 Å². The van der Waals surface area contributed by atoms with Gasteiger partial charge in [-0.2, -0.15) is 13.2 Å². The number of hydrogen-bond acceptors (Lipinski definition) is 7. The minimum Gasteiger partial charge on any atom is -0.335 e. The highest BCUT2D eigenvalue weighted by Crippen LogP contribution is 2.35. The molecule has 1 atom stereocenters. The maximum atomic E-state index is 13.0. The molecule has 0 spiro atoms. The number of carbonyl (C=O) groups excluding carboxylic acids is 2. The van der Waals surface area contributed by atoms with Gasteiger partial charge in [-0.3, -0.25) is 14.5 Å². The first-order chi connectivity index (χ1) is 15.3. The van der Waals surface area contributed by atoms with Crippen LogP contribution in [-0.4, -0.2) is 71.3 Å². The van der Waals surface area contributed by atoms with E-state index in [1.165, 1.54) is 17.4 Å². The highest BCUT2D eigenvalue weighted by atomic mass is 32.1. The third-order valence-corrected chi connectivity index (χ3v) is 7.78. The molecule has 4 heterocycles. The second-order valence-electron chi connectivity index (χ2n) is 7.88. The van der Waals surface area contributed by atoms with Gasteiger partial charge < -0.3 is 10.2 Å². The minimum atomic E-state index is -4.41. The van der Waals surface area contributed by atoms with Crippen molar-refractivity contribution in [3.8, 4) is 0 Å². The van der Waals surface area contributed by atoms with E-state index in [2.05, 4.69) is 15.2 Å². The quantitative estimate of drug-likeness (QED) is 0.581. The molecule has 2 aliphatic rings. The summed E-state index contributed by atoms with van der Waals surface area (Å²) in [5.41, 5.74) is -0.718. The minimum absolute atomic E-state index is 0.0121. The number of rotatable bonds is 4. The first-order valence-electron chi connectivity index (χ1n) is 10.1. The molecule has 5 rings (SSSR count). The van der Waals surface area contributed by atoms with Crippen LogP contribution in [0, 0.1) is 0 Å². The number of halogens is 3. The Morgan fingerprint density at radius 1 is 1.19 bits per heavy atom. The van der Waals surface area contributed by atoms with Gasteiger partial charge in [-0.25, -0.2) is 4.98 Å². The smallest absolute Gasteiger partial charge is 0.335 e. The number of Topliss-reactive ketones (excluding diaryl/α,β-unsaturated/α-hetero) is 1. The molecular weight excluding hydrogens is 461 g/mol. The maximum Gasteiger partial charge on any atom is 0.416 e. The molecule has 168 valence electrons. The van der Waals surface area contributed by atoms with E-state index in [1.54, 1.807) is 22.5 Å². The zero-order chi connectivity index (χ0) is 22.5. The summed E-state index contributed by atoms with van der Waals surface area (Å²) in [6.07, 6.45) is -2.80. The number of thiazole rings is 1. The number of hydrogen-bond donors (Lipinski definition) is 1. The highest BCUT2D eigenvalue weighted by Gasteiger charge is 2.42. The van der Waals surface area contributed by atoms with E-state index in [9.17, 15) is 22.8 Å². The Labute approximate surface area is 189 Å². The molecule has 1 amide bonds. The van der Waals surface area contributed by atoms with Crippen LogP contribution in [0.4, 0.5) is 13.2 Å². The van der Waals surface area contributed by atoms with E-state index >= 15 is 0 Å². The van der Waals surface area contributed by atoms with Gasteiger partial charge in [0.1, 0.15) is 0 Å². The van der Waals surface area contributed by atoms with Gasteiger partial charge in [0.05, 0.1) is 16.5 Å². The Kier molecular flexibility index (Phi) is 5.52. The summed E-state index contributed by atoms with van der Waals surface area (Å²) < 4.78 is 39.3. The molecule has 6 nitrogen and oxygen atoms in total. The molecule has 0 saturated carbocycles. The molecule has 0 radical (unpaired) electrons. The van der Waals surface area contributed by atoms with Crippen LogP contribution in [0.25, 0.3) is 10.1 Å². The Morgan fingerprint density at radius 2 is 2.00 bits per heavy atom. The zero-order valence-corrected chi connectivity index (χ0v) is 18.4. The highest BCUT2D eigenvalue weighted by molar-refractivity contribution is 7.20. The van der Waals surface area contributed by atoms with Gasteiger partial charge in [0.25, 0.3) is 5.91 Å². The van der Waals surface area contributed by atoms with Crippen LogP contribution in [0.15, 0.2) is 35.8 Å². The standard InChI is InChI=1S/C21H19F3N4O2S2/c22-21(23,24)13-2-1-12-7-17(32-16(12)8-13)20(30)27-10-14(11-27)28-5-3-25-9-15(28)18(29)19-26-4-6-31-19/h1-2,4,6-8,14-15,25H,3,5,9-11H2. The first kappa shape index (κ1) is 21.5. The van der Waals surface area contributed by atoms with Crippen molar-refractivity contribution in [3.05, 3.63) is 51.3 Å². The lowest BCUT2D eigenvalue weighted by molar-refractivity contribution is -0.137. The van der Waals surface area contributed by atoms with Crippen molar-refractivity contribution < 1.29 is 22.8 Å². The molecule has 1 unspecified atom stereocenters. The van der Waals surface area contributed by atoms with Crippen LogP contribution in [0.5, 0.6) is 0 Å². The Hall–Kier alpha value is -2.34. The lowest BCUT2D eigenvalue weighted by Gasteiger charge is -2.49. The summed E-state index contributed by atoms with van der Waals surface area (Å²) >= 11 is 2.40. The van der Waals surface area contributed by atoms with Crippen LogP contribution in [0.3, 0.4) is 0 Å². The number of piperazine rings is 1. The van der Waals surface area contributed by atoms with Crippen molar-refractivity contribution in [2.75, 3.05) is 32.7 Å². The van der Waals surface area contributed by atoms with Gasteiger partial charge in [0.2, 0.25) is 5.78 Å². The van der Waals surface area contributed by atoms with Crippen molar-refractivity contribution in [2.45, 2.75) is 18.3 Å². The number of likely N-dealkylation sites (tertiary alicyclic amines) is 1. The molecule has 2 aromatic heterocycles. The van der Waals surface area contributed by atoms with Crippen LogP contribution >= 0.6 is 22.7 Å². The molecule has 1 N–H and O–H groups in total. The van der Waals surface area contributed by atoms with E-state index in [1.807, 2.05) is 0 Å². The van der Waals surface area contributed by atoms with E-state index in [0.717, 1.165) is 30.0 Å². The molecular formula is C21H19F3N4O2S2. The number of fused-ring (bicyclic) bond motifs is 1. The van der Waals surface area contributed by atoms with Crippen molar-refractivity contribution in [1.29, 1.82) is 0 Å². The number of thiophene rings is 1. The van der Waals surface area contributed by atoms with Gasteiger partial charge in [-0.1, -0.05) is 6.07 Å². The van der Waals surface area contributed by atoms with Crippen molar-refractivity contribution in [3.63, 3.8) is 0 Å². The van der Waals surface area contributed by atoms with E-state index in [-0.39, 0.29) is 23.8 Å². The largest absolute Gasteiger partial charge is 0.416 e. The molecule has 3 aromatic rings. The summed E-state index contributed by atoms with van der Waals surface area (Å²) in [6, 6.07) is 4.93. The van der Waals surface area contributed by atoms with E-state index < -0.39 is 11.7 Å². The van der Waals surface area contributed by atoms with Gasteiger partial charge in [0.15, 0.2) is 5.01 Å². The van der Waals surface area contributed by atoms with E-state index in [0.29, 0.717) is 46.1 Å². The average Bonchev–Trinajstić information content (AvgIpc) is 3.41. The van der Waals surface area contributed by atoms with Crippen molar-refractivity contribution in [1.82, 2.24) is 20.1 Å². The normalized spacial score (nSPS) is 20.5. The van der Waals surface area contributed by atoms with Crippen LogP contribution in [0.1, 0.15) is 25.0 Å². The summed E-state index contributed by atoms with van der Waals surface area (Å²) in [7, 11) is 0. The molecule has 0 aliphatic carbocycles. The Morgan fingerprint density at radius 3 is 2.72 bits per heavy atom. The molecule has 1 aromatic carbocycles. The number of carbonyl (C=O) groups is 2. The number of nitrogens with one attached hydrogen (secondary N) is 1. The number of alkyl halides is 3. The van der Waals surface area contributed by atoms with Gasteiger partial charge in [-0.05, 0) is 23.6 Å². The van der Waals surface area contributed by atoms with E-state index in [4.69, 9.17) is 0 Å². The second kappa shape index (κ2) is 8.22. The molecule has 2 aliphatic heterocycles. The summed E-state index contributed by atoms with van der Waals surface area (Å²) in [4.78, 5) is 34.2. The van der Waals surface area contributed by atoms with Crippen molar-refractivity contribution >= 4 is 44.5 Å². The number of aromatic nitrogens is 1. The fourth-order valence-electron chi connectivity index (χ4n) is 4.19. The van der Waals surface area contributed by atoms with Crippen LogP contribution in [-0.2, 0) is 6.18 Å². The summed E-state index contributed by atoms with van der Waals surface area (Å²) in [5, 5.41) is 6.14.